The van der Waals surface area contributed by atoms with Gasteiger partial charge in [-0.25, -0.2) is 0 Å². The van der Waals surface area contributed by atoms with Crippen LogP contribution < -0.4 is 0 Å². The predicted octanol–water partition coefficient (Wildman–Crippen LogP) is 3.69. The van der Waals surface area contributed by atoms with Crippen molar-refractivity contribution in [1.29, 1.82) is 0 Å². The van der Waals surface area contributed by atoms with E-state index in [1.807, 2.05) is 30.3 Å². The van der Waals surface area contributed by atoms with Gasteiger partial charge in [0.2, 0.25) is 0 Å². The Morgan fingerprint density at radius 1 is 0.941 bits per heavy atom. The zero-order chi connectivity index (χ0) is 12.0. The molecule has 3 rings (SSSR count). The highest BCUT2D eigenvalue weighted by Crippen LogP contribution is 2.36. The van der Waals surface area contributed by atoms with E-state index in [1.165, 1.54) is 5.56 Å². The molecule has 0 saturated heterocycles. The monoisotopic (exact) mass is 222 g/mol. The zero-order valence-electron chi connectivity index (χ0n) is 10.0. The van der Waals surface area contributed by atoms with E-state index in [1.54, 1.807) is 0 Å². The van der Waals surface area contributed by atoms with E-state index in [2.05, 4.69) is 26.0 Å². The van der Waals surface area contributed by atoms with Crippen LogP contribution in [0.15, 0.2) is 42.5 Å². The number of ketones is 1. The lowest BCUT2D eigenvalue weighted by atomic mass is 9.78. The summed E-state index contributed by atoms with van der Waals surface area (Å²) >= 11 is 0. The minimum absolute atomic E-state index is 0.161. The Balaban J connectivity index is 2.29. The third-order valence-corrected chi connectivity index (χ3v) is 3.59. The summed E-state index contributed by atoms with van der Waals surface area (Å²) in [7, 11) is 0. The molecule has 0 saturated carbocycles. The van der Waals surface area contributed by atoms with Crippen molar-refractivity contribution < 1.29 is 4.79 Å². The van der Waals surface area contributed by atoms with Crippen molar-refractivity contribution in [3.05, 3.63) is 70.3 Å². The molecule has 0 aliphatic heterocycles. The maximum Gasteiger partial charge on any atom is 0.193 e. The second kappa shape index (κ2) is 3.56. The highest BCUT2D eigenvalue weighted by molar-refractivity contribution is 6.12. The third kappa shape index (κ3) is 1.42. The average molecular weight is 222 g/mol. The lowest BCUT2D eigenvalue weighted by Gasteiger charge is -2.24. The first-order valence-corrected chi connectivity index (χ1v) is 5.92. The molecule has 1 aliphatic rings. The van der Waals surface area contributed by atoms with Gasteiger partial charge < -0.3 is 0 Å². The van der Waals surface area contributed by atoms with Gasteiger partial charge in [0.25, 0.3) is 0 Å². The minimum atomic E-state index is 0.161. The molecule has 0 N–H and O–H groups in total. The Bertz CT molecular complexity index is 611. The van der Waals surface area contributed by atoms with Crippen LogP contribution in [0.4, 0.5) is 0 Å². The van der Waals surface area contributed by atoms with E-state index in [4.69, 9.17) is 0 Å². The molecule has 1 nitrogen and oxygen atoms in total. The molecule has 0 aromatic heterocycles. The molecule has 1 atom stereocenters. The largest absolute Gasteiger partial charge is 0.289 e. The Morgan fingerprint density at radius 3 is 2.47 bits per heavy atom. The average Bonchev–Trinajstić information content (AvgIpc) is 2.36. The van der Waals surface area contributed by atoms with E-state index in [0.717, 1.165) is 22.3 Å². The van der Waals surface area contributed by atoms with E-state index < -0.39 is 0 Å². The molecular formula is C16H14O. The van der Waals surface area contributed by atoms with E-state index >= 15 is 0 Å². The van der Waals surface area contributed by atoms with Gasteiger partial charge in [0.1, 0.15) is 0 Å². The molecule has 0 radical (unpaired) electrons. The summed E-state index contributed by atoms with van der Waals surface area (Å²) in [6.45, 7) is 4.24. The van der Waals surface area contributed by atoms with Crippen molar-refractivity contribution >= 4 is 5.78 Å². The van der Waals surface area contributed by atoms with Crippen molar-refractivity contribution in [2.75, 3.05) is 0 Å². The smallest absolute Gasteiger partial charge is 0.193 e. The van der Waals surface area contributed by atoms with Crippen molar-refractivity contribution in [3.63, 3.8) is 0 Å². The predicted molar refractivity (Wildman–Crippen MR) is 68.6 cm³/mol. The van der Waals surface area contributed by atoms with Crippen LogP contribution in [0.25, 0.3) is 0 Å². The zero-order valence-corrected chi connectivity index (χ0v) is 10.0. The second-order valence-corrected chi connectivity index (χ2v) is 4.73. The number of benzene rings is 2. The van der Waals surface area contributed by atoms with Crippen LogP contribution in [-0.4, -0.2) is 5.78 Å². The van der Waals surface area contributed by atoms with E-state index in [0.29, 0.717) is 5.92 Å². The number of carbonyl (C=O) groups is 1. The van der Waals surface area contributed by atoms with E-state index in [9.17, 15) is 4.79 Å². The van der Waals surface area contributed by atoms with Crippen LogP contribution in [-0.2, 0) is 0 Å². The number of fused-ring (bicyclic) bond motifs is 2. The maximum atomic E-state index is 12.4. The van der Waals surface area contributed by atoms with Crippen LogP contribution in [0.5, 0.6) is 0 Å². The molecule has 17 heavy (non-hydrogen) atoms. The molecule has 0 heterocycles. The Morgan fingerprint density at radius 2 is 1.65 bits per heavy atom. The summed E-state index contributed by atoms with van der Waals surface area (Å²) in [5.74, 6) is 0.465. The van der Waals surface area contributed by atoms with Gasteiger partial charge in [0.05, 0.1) is 0 Å². The number of rotatable bonds is 0. The molecule has 1 heteroatoms. The first-order chi connectivity index (χ1) is 8.18. The van der Waals surface area contributed by atoms with Crippen molar-refractivity contribution in [3.8, 4) is 0 Å². The van der Waals surface area contributed by atoms with Crippen LogP contribution in [0.2, 0.25) is 0 Å². The van der Waals surface area contributed by atoms with Crippen LogP contribution >= 0.6 is 0 Å². The molecular weight excluding hydrogens is 208 g/mol. The molecule has 1 aliphatic carbocycles. The highest BCUT2D eigenvalue weighted by atomic mass is 16.1. The first kappa shape index (κ1) is 10.3. The molecule has 84 valence electrons. The molecule has 0 bridgehead atoms. The molecule has 0 fully saturated rings. The van der Waals surface area contributed by atoms with Crippen LogP contribution in [0, 0.1) is 6.92 Å². The summed E-state index contributed by atoms with van der Waals surface area (Å²) in [4.78, 5) is 12.4. The second-order valence-electron chi connectivity index (χ2n) is 4.73. The number of hydrogen-bond donors (Lipinski definition) is 0. The lowest BCUT2D eigenvalue weighted by molar-refractivity contribution is 0.103. The summed E-state index contributed by atoms with van der Waals surface area (Å²) in [5.41, 5.74) is 5.24. The normalized spacial score (nSPS) is 17.5. The number of hydrogen-bond acceptors (Lipinski definition) is 1. The number of aryl methyl sites for hydroxylation is 1. The summed E-state index contributed by atoms with van der Waals surface area (Å²) in [6.07, 6.45) is 0. The summed E-state index contributed by atoms with van der Waals surface area (Å²) in [6, 6.07) is 14.0. The highest BCUT2D eigenvalue weighted by Gasteiger charge is 2.27. The molecule has 1 unspecified atom stereocenters. The van der Waals surface area contributed by atoms with E-state index in [-0.39, 0.29) is 5.78 Å². The van der Waals surface area contributed by atoms with Gasteiger partial charge in [-0.3, -0.25) is 4.79 Å². The van der Waals surface area contributed by atoms with Gasteiger partial charge in [-0.1, -0.05) is 55.0 Å². The lowest BCUT2D eigenvalue weighted by Crippen LogP contribution is -2.17. The van der Waals surface area contributed by atoms with Crippen LogP contribution in [0.1, 0.15) is 45.5 Å². The fourth-order valence-electron chi connectivity index (χ4n) is 2.64. The molecule has 0 amide bonds. The summed E-state index contributed by atoms with van der Waals surface area (Å²) in [5, 5.41) is 0. The topological polar surface area (TPSA) is 17.1 Å². The minimum Gasteiger partial charge on any atom is -0.289 e. The molecule has 0 spiro atoms. The number of carbonyl (C=O) groups excluding carboxylic acids is 1. The van der Waals surface area contributed by atoms with Crippen molar-refractivity contribution in [1.82, 2.24) is 0 Å². The van der Waals surface area contributed by atoms with Crippen molar-refractivity contribution in [2.45, 2.75) is 19.8 Å². The molecule has 2 aromatic rings. The van der Waals surface area contributed by atoms with Gasteiger partial charge in [0, 0.05) is 17.0 Å². The summed E-state index contributed by atoms with van der Waals surface area (Å²) < 4.78 is 0. The van der Waals surface area contributed by atoms with Crippen molar-refractivity contribution in [2.24, 2.45) is 0 Å². The van der Waals surface area contributed by atoms with Gasteiger partial charge in [0.15, 0.2) is 5.78 Å². The fourth-order valence-corrected chi connectivity index (χ4v) is 2.64. The first-order valence-electron chi connectivity index (χ1n) is 5.92. The molecule has 2 aromatic carbocycles. The quantitative estimate of drug-likeness (QED) is 0.664. The van der Waals surface area contributed by atoms with Gasteiger partial charge >= 0.3 is 0 Å². The Kier molecular flexibility index (Phi) is 2.15. The standard InChI is InChI=1S/C16H14O/c1-10-7-8-14-15(9-10)11(2)12-5-3-4-6-13(12)16(14)17/h3-9,11H,1-2H3. The van der Waals surface area contributed by atoms with Crippen LogP contribution in [0.3, 0.4) is 0 Å². The van der Waals surface area contributed by atoms with Gasteiger partial charge in [-0.05, 0) is 18.1 Å². The van der Waals surface area contributed by atoms with Gasteiger partial charge in [-0.2, -0.15) is 0 Å². The van der Waals surface area contributed by atoms with Gasteiger partial charge in [-0.15, -0.1) is 0 Å². The maximum absolute atomic E-state index is 12.4. The SMILES string of the molecule is Cc1ccc2c(c1)C(C)c1ccccc1C2=O. The Hall–Kier alpha value is -1.89. The fraction of sp³-hybridized carbons (Fsp3) is 0.188. The third-order valence-electron chi connectivity index (χ3n) is 3.59. The Labute approximate surface area is 101 Å².